The quantitative estimate of drug-likeness (QED) is 0.607. The van der Waals surface area contributed by atoms with Gasteiger partial charge >= 0.3 is 0 Å². The van der Waals surface area contributed by atoms with E-state index in [0.29, 0.717) is 5.41 Å². The first kappa shape index (κ1) is 11.4. The van der Waals surface area contributed by atoms with Gasteiger partial charge in [-0.2, -0.15) is 0 Å². The summed E-state index contributed by atoms with van der Waals surface area (Å²) in [4.78, 5) is 2.37. The van der Waals surface area contributed by atoms with Crippen molar-refractivity contribution in [2.75, 3.05) is 13.1 Å². The van der Waals surface area contributed by atoms with Crippen LogP contribution in [0.15, 0.2) is 24.9 Å². The predicted octanol–water partition coefficient (Wildman–Crippen LogP) is 3.44. The van der Waals surface area contributed by atoms with E-state index >= 15 is 0 Å². The summed E-state index contributed by atoms with van der Waals surface area (Å²) in [5.41, 5.74) is 1.50. The van der Waals surface area contributed by atoms with Crippen molar-refractivity contribution in [2.24, 2.45) is 11.3 Å². The van der Waals surface area contributed by atoms with Crippen LogP contribution in [0, 0.1) is 11.3 Å². The second-order valence-corrected chi connectivity index (χ2v) is 5.35. The number of nitrogens with zero attached hydrogens (tertiary/aromatic N) is 1. The molecule has 0 aromatic rings. The van der Waals surface area contributed by atoms with Crippen LogP contribution in [-0.2, 0) is 0 Å². The molecule has 0 radical (unpaired) electrons. The summed E-state index contributed by atoms with van der Waals surface area (Å²) in [6.45, 7) is 17.1. The van der Waals surface area contributed by atoms with Crippen molar-refractivity contribution >= 4 is 0 Å². The number of rotatable bonds is 2. The lowest BCUT2D eigenvalue weighted by Gasteiger charge is -2.41. The highest BCUT2D eigenvalue weighted by molar-refractivity contribution is 5.10. The average molecular weight is 193 g/mol. The van der Waals surface area contributed by atoms with Crippen LogP contribution in [0.3, 0.4) is 0 Å². The second-order valence-electron chi connectivity index (χ2n) is 5.35. The molecule has 0 N–H and O–H groups in total. The van der Waals surface area contributed by atoms with Crippen LogP contribution >= 0.6 is 0 Å². The molecule has 1 nitrogen and oxygen atoms in total. The van der Waals surface area contributed by atoms with Gasteiger partial charge in [0.25, 0.3) is 0 Å². The molecule has 1 heterocycles. The van der Waals surface area contributed by atoms with E-state index in [-0.39, 0.29) is 0 Å². The fourth-order valence-electron chi connectivity index (χ4n) is 2.07. The average Bonchev–Trinajstić information content (AvgIpc) is 2.15. The maximum Gasteiger partial charge on any atom is 0.0287 e. The molecule has 0 aromatic carbocycles. The normalized spacial score (nSPS) is 23.4. The molecule has 0 aromatic heterocycles. The van der Waals surface area contributed by atoms with Crippen molar-refractivity contribution in [3.8, 4) is 0 Å². The number of hydrogen-bond donors (Lipinski definition) is 0. The second kappa shape index (κ2) is 4.20. The SMILES string of the molecule is C=CC(=C)N1CCCC(C(C)(C)C)C1. The first-order chi connectivity index (χ1) is 6.45. The topological polar surface area (TPSA) is 3.24 Å². The van der Waals surface area contributed by atoms with Gasteiger partial charge in [-0.25, -0.2) is 0 Å². The van der Waals surface area contributed by atoms with Crippen molar-refractivity contribution in [1.82, 2.24) is 4.90 Å². The zero-order valence-corrected chi connectivity index (χ0v) is 9.84. The van der Waals surface area contributed by atoms with E-state index in [1.54, 1.807) is 0 Å². The van der Waals surface area contributed by atoms with Gasteiger partial charge in [0.05, 0.1) is 0 Å². The van der Waals surface area contributed by atoms with E-state index in [1.165, 1.54) is 12.8 Å². The van der Waals surface area contributed by atoms with Gasteiger partial charge in [-0.3, -0.25) is 0 Å². The van der Waals surface area contributed by atoms with E-state index in [9.17, 15) is 0 Å². The number of hydrogen-bond acceptors (Lipinski definition) is 1. The molecule has 1 saturated heterocycles. The molecule has 80 valence electrons. The molecule has 0 bridgehead atoms. The van der Waals surface area contributed by atoms with E-state index in [1.807, 2.05) is 6.08 Å². The van der Waals surface area contributed by atoms with Gasteiger partial charge in [-0.1, -0.05) is 33.9 Å². The van der Waals surface area contributed by atoms with Gasteiger partial charge in [0.2, 0.25) is 0 Å². The van der Waals surface area contributed by atoms with E-state index in [0.717, 1.165) is 24.7 Å². The Morgan fingerprint density at radius 3 is 2.57 bits per heavy atom. The molecule has 1 unspecified atom stereocenters. The molecule has 0 spiro atoms. The maximum atomic E-state index is 4.02. The van der Waals surface area contributed by atoms with Crippen molar-refractivity contribution in [3.05, 3.63) is 24.9 Å². The van der Waals surface area contributed by atoms with Crippen LogP contribution in [0.4, 0.5) is 0 Å². The van der Waals surface area contributed by atoms with Crippen molar-refractivity contribution < 1.29 is 0 Å². The highest BCUT2D eigenvalue weighted by Gasteiger charge is 2.29. The highest BCUT2D eigenvalue weighted by Crippen LogP contribution is 2.34. The molecule has 1 atom stereocenters. The third-order valence-electron chi connectivity index (χ3n) is 3.29. The van der Waals surface area contributed by atoms with Crippen LogP contribution in [0.1, 0.15) is 33.6 Å². The molecule has 1 heteroatoms. The fourth-order valence-corrected chi connectivity index (χ4v) is 2.07. The molecule has 1 fully saturated rings. The zero-order valence-electron chi connectivity index (χ0n) is 9.84. The summed E-state index contributed by atoms with van der Waals surface area (Å²) in [6, 6.07) is 0. The molecule has 1 rings (SSSR count). The van der Waals surface area contributed by atoms with Crippen LogP contribution in [0.5, 0.6) is 0 Å². The Labute approximate surface area is 88.5 Å². The first-order valence-corrected chi connectivity index (χ1v) is 5.51. The third-order valence-corrected chi connectivity index (χ3v) is 3.29. The van der Waals surface area contributed by atoms with Crippen molar-refractivity contribution in [3.63, 3.8) is 0 Å². The molecule has 0 saturated carbocycles. The molecular formula is C13H23N. The minimum Gasteiger partial charge on any atom is -0.372 e. The zero-order chi connectivity index (χ0) is 10.8. The monoisotopic (exact) mass is 193 g/mol. The van der Waals surface area contributed by atoms with Gasteiger partial charge < -0.3 is 4.90 Å². The Morgan fingerprint density at radius 1 is 1.43 bits per heavy atom. The van der Waals surface area contributed by atoms with E-state index < -0.39 is 0 Å². The first-order valence-electron chi connectivity index (χ1n) is 5.51. The summed E-state index contributed by atoms with van der Waals surface area (Å²) >= 11 is 0. The lowest BCUT2D eigenvalue weighted by Crippen LogP contribution is -2.39. The standard InChI is InChI=1S/C13H23N/c1-6-11(2)14-9-7-8-12(10-14)13(3,4)5/h6,12H,1-2,7-10H2,3-5H3. The van der Waals surface area contributed by atoms with Gasteiger partial charge in [0.15, 0.2) is 0 Å². The molecule has 0 amide bonds. The van der Waals surface area contributed by atoms with Crippen LogP contribution in [-0.4, -0.2) is 18.0 Å². The van der Waals surface area contributed by atoms with Crippen molar-refractivity contribution in [1.29, 1.82) is 0 Å². The molecule has 14 heavy (non-hydrogen) atoms. The van der Waals surface area contributed by atoms with Crippen LogP contribution < -0.4 is 0 Å². The lowest BCUT2D eigenvalue weighted by molar-refractivity contribution is 0.125. The van der Waals surface area contributed by atoms with Gasteiger partial charge in [0.1, 0.15) is 0 Å². The maximum absolute atomic E-state index is 4.02. The highest BCUT2D eigenvalue weighted by atomic mass is 15.1. The third kappa shape index (κ3) is 2.63. The van der Waals surface area contributed by atoms with Crippen LogP contribution in [0.2, 0.25) is 0 Å². The number of allylic oxidation sites excluding steroid dienone is 1. The van der Waals surface area contributed by atoms with Gasteiger partial charge in [0, 0.05) is 18.8 Å². The number of likely N-dealkylation sites (tertiary alicyclic amines) is 1. The van der Waals surface area contributed by atoms with E-state index in [2.05, 4.69) is 38.8 Å². The predicted molar refractivity (Wildman–Crippen MR) is 63.1 cm³/mol. The smallest absolute Gasteiger partial charge is 0.0287 e. The summed E-state index contributed by atoms with van der Waals surface area (Å²) < 4.78 is 0. The van der Waals surface area contributed by atoms with Gasteiger partial charge in [-0.15, -0.1) is 0 Å². The molecule has 0 aliphatic carbocycles. The summed E-state index contributed by atoms with van der Waals surface area (Å²) in [5, 5.41) is 0. The molecule has 1 aliphatic rings. The van der Waals surface area contributed by atoms with Gasteiger partial charge in [-0.05, 0) is 30.3 Å². The minimum absolute atomic E-state index is 0.417. The Hall–Kier alpha value is -0.720. The minimum atomic E-state index is 0.417. The Balaban J connectivity index is 2.60. The Morgan fingerprint density at radius 2 is 2.07 bits per heavy atom. The molecular weight excluding hydrogens is 170 g/mol. The summed E-state index contributed by atoms with van der Waals surface area (Å²) in [5.74, 6) is 0.785. The van der Waals surface area contributed by atoms with Crippen LogP contribution in [0.25, 0.3) is 0 Å². The largest absolute Gasteiger partial charge is 0.372 e. The molecule has 1 aliphatic heterocycles. The summed E-state index contributed by atoms with van der Waals surface area (Å²) in [7, 11) is 0. The lowest BCUT2D eigenvalue weighted by atomic mass is 9.76. The van der Waals surface area contributed by atoms with Crippen molar-refractivity contribution in [2.45, 2.75) is 33.6 Å². The Kier molecular flexibility index (Phi) is 3.41. The fraction of sp³-hybridized carbons (Fsp3) is 0.692. The number of piperidine rings is 1. The van der Waals surface area contributed by atoms with E-state index in [4.69, 9.17) is 0 Å². The summed E-state index contributed by atoms with van der Waals surface area (Å²) in [6.07, 6.45) is 4.50. The Bertz CT molecular complexity index is 222.